The van der Waals surface area contributed by atoms with E-state index in [1.807, 2.05) is 13.1 Å². The summed E-state index contributed by atoms with van der Waals surface area (Å²) < 4.78 is 10.5. The highest BCUT2D eigenvalue weighted by Crippen LogP contribution is 2.19. The zero-order chi connectivity index (χ0) is 12.1. The van der Waals surface area contributed by atoms with Crippen molar-refractivity contribution in [1.29, 1.82) is 0 Å². The molecule has 17 heavy (non-hydrogen) atoms. The van der Waals surface area contributed by atoms with Gasteiger partial charge in [-0.3, -0.25) is 4.90 Å². The molecule has 0 spiro atoms. The van der Waals surface area contributed by atoms with Gasteiger partial charge < -0.3 is 14.6 Å². The molecule has 5 heteroatoms. The number of likely N-dealkylation sites (tertiary alicyclic amines) is 1. The third kappa shape index (κ3) is 3.52. The van der Waals surface area contributed by atoms with E-state index in [2.05, 4.69) is 15.4 Å². The normalized spacial score (nSPS) is 21.2. The number of aromatic nitrogens is 1. The number of ether oxygens (including phenoxy) is 1. The van der Waals surface area contributed by atoms with Gasteiger partial charge in [0, 0.05) is 26.3 Å². The van der Waals surface area contributed by atoms with Crippen molar-refractivity contribution in [3.8, 4) is 0 Å². The third-order valence-corrected chi connectivity index (χ3v) is 3.12. The van der Waals surface area contributed by atoms with Gasteiger partial charge in [-0.05, 0) is 25.9 Å². The van der Waals surface area contributed by atoms with Crippen LogP contribution in [0.1, 0.15) is 17.9 Å². The van der Waals surface area contributed by atoms with Crippen LogP contribution < -0.4 is 5.32 Å². The fraction of sp³-hybridized carbons (Fsp3) is 0.750. The van der Waals surface area contributed by atoms with Crippen LogP contribution in [-0.4, -0.2) is 43.9 Å². The summed E-state index contributed by atoms with van der Waals surface area (Å²) in [6.45, 7) is 4.69. The molecule has 96 valence electrons. The molecule has 2 heterocycles. The highest BCUT2D eigenvalue weighted by molar-refractivity contribution is 5.05. The minimum atomic E-state index is 0.666. The average molecular weight is 239 g/mol. The second-order valence-corrected chi connectivity index (χ2v) is 4.66. The van der Waals surface area contributed by atoms with Gasteiger partial charge in [0.25, 0.3) is 0 Å². The first-order valence-electron chi connectivity index (χ1n) is 6.12. The Morgan fingerprint density at radius 3 is 3.29 bits per heavy atom. The standard InChI is InChI=1S/C12H21N3O2/c1-13-6-11-5-12(17-14-11)8-15-4-3-10(7-15)9-16-2/h5,10,13H,3-4,6-9H2,1-2H3. The topological polar surface area (TPSA) is 50.5 Å². The minimum absolute atomic E-state index is 0.666. The third-order valence-electron chi connectivity index (χ3n) is 3.12. The van der Waals surface area contributed by atoms with Crippen molar-refractivity contribution in [3.05, 3.63) is 17.5 Å². The largest absolute Gasteiger partial charge is 0.384 e. The van der Waals surface area contributed by atoms with Crippen LogP contribution in [0.25, 0.3) is 0 Å². The van der Waals surface area contributed by atoms with Crippen molar-refractivity contribution in [2.24, 2.45) is 5.92 Å². The number of hydrogen-bond acceptors (Lipinski definition) is 5. The molecule has 0 radical (unpaired) electrons. The molecule has 0 aromatic carbocycles. The monoisotopic (exact) mass is 239 g/mol. The number of rotatable bonds is 6. The van der Waals surface area contributed by atoms with Crippen molar-refractivity contribution in [2.45, 2.75) is 19.5 Å². The molecule has 1 N–H and O–H groups in total. The first-order valence-corrected chi connectivity index (χ1v) is 6.12. The molecule has 2 rings (SSSR count). The van der Waals surface area contributed by atoms with Crippen LogP contribution in [0.4, 0.5) is 0 Å². The summed E-state index contributed by atoms with van der Waals surface area (Å²) in [4.78, 5) is 2.40. The number of nitrogens with one attached hydrogen (secondary N) is 1. The Morgan fingerprint density at radius 1 is 1.65 bits per heavy atom. The maximum absolute atomic E-state index is 5.31. The Labute approximate surface area is 102 Å². The quantitative estimate of drug-likeness (QED) is 0.798. The number of nitrogens with zero attached hydrogens (tertiary/aromatic N) is 2. The fourth-order valence-electron chi connectivity index (χ4n) is 2.34. The Balaban J connectivity index is 1.80. The van der Waals surface area contributed by atoms with Gasteiger partial charge in [0.2, 0.25) is 0 Å². The zero-order valence-corrected chi connectivity index (χ0v) is 10.6. The predicted octanol–water partition coefficient (Wildman–Crippen LogP) is 0.862. The summed E-state index contributed by atoms with van der Waals surface area (Å²) in [7, 11) is 3.67. The Bertz CT molecular complexity index is 340. The van der Waals surface area contributed by atoms with Crippen molar-refractivity contribution in [3.63, 3.8) is 0 Å². The van der Waals surface area contributed by atoms with E-state index in [9.17, 15) is 0 Å². The van der Waals surface area contributed by atoms with Gasteiger partial charge in [0.05, 0.1) is 18.8 Å². The van der Waals surface area contributed by atoms with Crippen LogP contribution in [-0.2, 0) is 17.8 Å². The van der Waals surface area contributed by atoms with E-state index in [1.165, 1.54) is 6.42 Å². The molecule has 1 aliphatic heterocycles. The summed E-state index contributed by atoms with van der Waals surface area (Å²) in [5, 5.41) is 7.08. The van der Waals surface area contributed by atoms with E-state index in [4.69, 9.17) is 9.26 Å². The van der Waals surface area contributed by atoms with Crippen molar-refractivity contribution < 1.29 is 9.26 Å². The number of hydrogen-bond donors (Lipinski definition) is 1. The maximum Gasteiger partial charge on any atom is 0.151 e. The van der Waals surface area contributed by atoms with Gasteiger partial charge in [0.1, 0.15) is 0 Å². The van der Waals surface area contributed by atoms with Crippen LogP contribution in [0.2, 0.25) is 0 Å². The van der Waals surface area contributed by atoms with Crippen LogP contribution in [0.5, 0.6) is 0 Å². The summed E-state index contributed by atoms with van der Waals surface area (Å²) in [6.07, 6.45) is 1.21. The molecule has 0 aliphatic carbocycles. The average Bonchev–Trinajstić information content (AvgIpc) is 2.91. The lowest BCUT2D eigenvalue weighted by atomic mass is 10.1. The molecule has 1 aliphatic rings. The van der Waals surface area contributed by atoms with Crippen LogP contribution in [0.15, 0.2) is 10.6 Å². The summed E-state index contributed by atoms with van der Waals surface area (Å²) >= 11 is 0. The lowest BCUT2D eigenvalue weighted by molar-refractivity contribution is 0.151. The van der Waals surface area contributed by atoms with Crippen molar-refractivity contribution >= 4 is 0 Å². The lowest BCUT2D eigenvalue weighted by Gasteiger charge is -2.13. The Morgan fingerprint density at radius 2 is 2.53 bits per heavy atom. The molecular formula is C12H21N3O2. The smallest absolute Gasteiger partial charge is 0.151 e. The lowest BCUT2D eigenvalue weighted by Crippen LogP contribution is -2.21. The fourth-order valence-corrected chi connectivity index (χ4v) is 2.34. The van der Waals surface area contributed by atoms with E-state index in [0.29, 0.717) is 5.92 Å². The Hall–Kier alpha value is -0.910. The first kappa shape index (κ1) is 12.5. The van der Waals surface area contributed by atoms with Gasteiger partial charge in [0.15, 0.2) is 5.76 Å². The minimum Gasteiger partial charge on any atom is -0.384 e. The predicted molar refractivity (Wildman–Crippen MR) is 64.5 cm³/mol. The number of methoxy groups -OCH3 is 1. The van der Waals surface area contributed by atoms with Crippen LogP contribution in [0, 0.1) is 5.92 Å². The van der Waals surface area contributed by atoms with Gasteiger partial charge in [-0.2, -0.15) is 0 Å². The molecule has 0 bridgehead atoms. The van der Waals surface area contributed by atoms with Gasteiger partial charge >= 0.3 is 0 Å². The molecule has 1 saturated heterocycles. The molecule has 1 aromatic heterocycles. The molecule has 5 nitrogen and oxygen atoms in total. The summed E-state index contributed by atoms with van der Waals surface area (Å²) in [5.41, 5.74) is 0.968. The molecule has 0 amide bonds. The summed E-state index contributed by atoms with van der Waals surface area (Å²) in [5.74, 6) is 1.62. The van der Waals surface area contributed by atoms with E-state index in [-0.39, 0.29) is 0 Å². The molecule has 1 unspecified atom stereocenters. The highest BCUT2D eigenvalue weighted by atomic mass is 16.5. The molecule has 1 aromatic rings. The van der Waals surface area contributed by atoms with E-state index in [1.54, 1.807) is 7.11 Å². The van der Waals surface area contributed by atoms with E-state index < -0.39 is 0 Å². The highest BCUT2D eigenvalue weighted by Gasteiger charge is 2.23. The molecule has 0 saturated carbocycles. The second-order valence-electron chi connectivity index (χ2n) is 4.66. The van der Waals surface area contributed by atoms with Crippen molar-refractivity contribution in [1.82, 2.24) is 15.4 Å². The second kappa shape index (κ2) is 6.14. The van der Waals surface area contributed by atoms with Crippen molar-refractivity contribution in [2.75, 3.05) is 33.9 Å². The first-order chi connectivity index (χ1) is 8.31. The zero-order valence-electron chi connectivity index (χ0n) is 10.6. The van der Waals surface area contributed by atoms with Gasteiger partial charge in [-0.15, -0.1) is 0 Å². The van der Waals surface area contributed by atoms with Gasteiger partial charge in [-0.25, -0.2) is 0 Å². The molecular weight excluding hydrogens is 218 g/mol. The maximum atomic E-state index is 5.31. The van der Waals surface area contributed by atoms with E-state index in [0.717, 1.165) is 44.2 Å². The SMILES string of the molecule is CNCc1cc(CN2CCC(COC)C2)on1. The van der Waals surface area contributed by atoms with Gasteiger partial charge in [-0.1, -0.05) is 5.16 Å². The molecule has 1 fully saturated rings. The molecule has 1 atom stereocenters. The van der Waals surface area contributed by atoms with Crippen LogP contribution >= 0.6 is 0 Å². The summed E-state index contributed by atoms with van der Waals surface area (Å²) in [6, 6.07) is 2.03. The Kier molecular flexibility index (Phi) is 4.53. The van der Waals surface area contributed by atoms with Crippen LogP contribution in [0.3, 0.4) is 0 Å². The van der Waals surface area contributed by atoms with E-state index >= 15 is 0 Å².